The summed E-state index contributed by atoms with van der Waals surface area (Å²) in [5.74, 6) is -0.333. The highest BCUT2D eigenvalue weighted by atomic mass is 32.1. The van der Waals surface area contributed by atoms with Crippen LogP contribution < -0.4 is 5.32 Å². The van der Waals surface area contributed by atoms with Crippen molar-refractivity contribution < 1.29 is 13.9 Å². The quantitative estimate of drug-likeness (QED) is 0.653. The van der Waals surface area contributed by atoms with Crippen molar-refractivity contribution >= 4 is 17.2 Å². The highest BCUT2D eigenvalue weighted by Crippen LogP contribution is 2.30. The van der Waals surface area contributed by atoms with Crippen LogP contribution in [0.4, 0.5) is 4.39 Å². The molecular weight excluding hydrogens is 413 g/mol. The van der Waals surface area contributed by atoms with Gasteiger partial charge in [-0.05, 0) is 30.5 Å². The molecule has 1 N–H and O–H groups in total. The number of amides is 1. The van der Waals surface area contributed by atoms with E-state index >= 15 is 0 Å². The fourth-order valence-corrected chi connectivity index (χ4v) is 5.32. The Morgan fingerprint density at radius 2 is 1.81 bits per heavy atom. The standard InChI is InChI=1S/C24H24FN3O2S/c25-18-8-6-16(7-9-18)12-28-20-10-19(11-21(28)14-30-13-20)26-23(29)22-15-31-24(27-22)17-4-2-1-3-5-17/h1-9,15,19-21H,10-14H2,(H,26,29). The molecule has 2 unspecified atom stereocenters. The van der Waals surface area contributed by atoms with Crippen molar-refractivity contribution in [2.24, 2.45) is 0 Å². The summed E-state index contributed by atoms with van der Waals surface area (Å²) in [7, 11) is 0. The average molecular weight is 438 g/mol. The second-order valence-corrected chi connectivity index (χ2v) is 9.05. The minimum atomic E-state index is -0.217. The number of aromatic nitrogens is 1. The Hall–Kier alpha value is -2.61. The molecule has 2 aromatic carbocycles. The molecule has 2 bridgehead atoms. The fourth-order valence-electron chi connectivity index (χ4n) is 4.52. The molecule has 2 atom stereocenters. The van der Waals surface area contributed by atoms with E-state index in [0.29, 0.717) is 18.9 Å². The third-order valence-corrected chi connectivity index (χ3v) is 6.93. The zero-order valence-electron chi connectivity index (χ0n) is 17.0. The normalized spacial score (nSPS) is 23.5. The van der Waals surface area contributed by atoms with Gasteiger partial charge in [0.1, 0.15) is 16.5 Å². The lowest BCUT2D eigenvalue weighted by Crippen LogP contribution is -2.60. The molecule has 1 amide bonds. The molecule has 0 saturated carbocycles. The van der Waals surface area contributed by atoms with Crippen molar-refractivity contribution in [1.82, 2.24) is 15.2 Å². The third kappa shape index (κ3) is 4.54. The first-order chi connectivity index (χ1) is 15.2. The summed E-state index contributed by atoms with van der Waals surface area (Å²) in [5.41, 5.74) is 2.59. The van der Waals surface area contributed by atoms with Gasteiger partial charge in [-0.15, -0.1) is 11.3 Å². The lowest BCUT2D eigenvalue weighted by Gasteiger charge is -2.48. The number of nitrogens with one attached hydrogen (secondary N) is 1. The number of piperidine rings is 1. The van der Waals surface area contributed by atoms with Gasteiger partial charge in [-0.1, -0.05) is 42.5 Å². The summed E-state index contributed by atoms with van der Waals surface area (Å²) in [6.45, 7) is 2.07. The zero-order valence-corrected chi connectivity index (χ0v) is 17.9. The molecule has 2 aliphatic rings. The molecule has 0 spiro atoms. The summed E-state index contributed by atoms with van der Waals surface area (Å²) >= 11 is 1.49. The first-order valence-corrected chi connectivity index (χ1v) is 11.4. The molecule has 0 radical (unpaired) electrons. The second-order valence-electron chi connectivity index (χ2n) is 8.19. The van der Waals surface area contributed by atoms with Crippen LogP contribution in [0.2, 0.25) is 0 Å². The topological polar surface area (TPSA) is 54.5 Å². The molecule has 31 heavy (non-hydrogen) atoms. The number of fused-ring (bicyclic) bond motifs is 2. The van der Waals surface area contributed by atoms with Gasteiger partial charge in [0, 0.05) is 35.6 Å². The Morgan fingerprint density at radius 1 is 1.10 bits per heavy atom. The number of nitrogens with zero attached hydrogens (tertiary/aromatic N) is 2. The molecule has 0 aliphatic carbocycles. The molecule has 2 fully saturated rings. The largest absolute Gasteiger partial charge is 0.378 e. The summed E-state index contributed by atoms with van der Waals surface area (Å²) in [5, 5.41) is 5.87. The minimum Gasteiger partial charge on any atom is -0.378 e. The molecule has 3 heterocycles. The number of carbonyl (C=O) groups is 1. The number of hydrogen-bond acceptors (Lipinski definition) is 5. The van der Waals surface area contributed by atoms with Crippen molar-refractivity contribution in [3.05, 3.63) is 77.1 Å². The van der Waals surface area contributed by atoms with Crippen LogP contribution in [0.3, 0.4) is 0 Å². The molecule has 5 rings (SSSR count). The number of thiazole rings is 1. The fraction of sp³-hybridized carbons (Fsp3) is 0.333. The van der Waals surface area contributed by atoms with Crippen molar-refractivity contribution in [2.75, 3.05) is 13.2 Å². The summed E-state index contributed by atoms with van der Waals surface area (Å²) < 4.78 is 19.0. The van der Waals surface area contributed by atoms with Crippen LogP contribution in [0, 0.1) is 5.82 Å². The summed E-state index contributed by atoms with van der Waals surface area (Å²) in [4.78, 5) is 19.8. The highest BCUT2D eigenvalue weighted by molar-refractivity contribution is 7.13. The summed E-state index contributed by atoms with van der Waals surface area (Å²) in [6, 6.07) is 17.2. The van der Waals surface area contributed by atoms with Crippen LogP contribution in [-0.4, -0.2) is 47.1 Å². The molecule has 1 aromatic heterocycles. The zero-order chi connectivity index (χ0) is 21.2. The van der Waals surface area contributed by atoms with Gasteiger partial charge >= 0.3 is 0 Å². The minimum absolute atomic E-state index is 0.0951. The van der Waals surface area contributed by atoms with Gasteiger partial charge in [-0.3, -0.25) is 9.69 Å². The lowest BCUT2D eigenvalue weighted by molar-refractivity contribution is -0.0843. The van der Waals surface area contributed by atoms with E-state index in [1.807, 2.05) is 47.8 Å². The number of benzene rings is 2. The number of carbonyl (C=O) groups excluding carboxylic acids is 1. The van der Waals surface area contributed by atoms with Gasteiger partial charge in [0.05, 0.1) is 13.2 Å². The lowest BCUT2D eigenvalue weighted by atomic mass is 9.89. The van der Waals surface area contributed by atoms with E-state index in [-0.39, 0.29) is 29.8 Å². The van der Waals surface area contributed by atoms with E-state index < -0.39 is 0 Å². The van der Waals surface area contributed by atoms with Crippen LogP contribution in [0.25, 0.3) is 10.6 Å². The smallest absolute Gasteiger partial charge is 0.270 e. The van der Waals surface area contributed by atoms with Gasteiger partial charge < -0.3 is 10.1 Å². The van der Waals surface area contributed by atoms with E-state index in [1.54, 1.807) is 0 Å². The van der Waals surface area contributed by atoms with Gasteiger partial charge in [-0.25, -0.2) is 9.37 Å². The maximum Gasteiger partial charge on any atom is 0.270 e. The SMILES string of the molecule is O=C(NC1CC2COCC(C1)N2Cc1ccc(F)cc1)c1csc(-c2ccccc2)n1. The van der Waals surface area contributed by atoms with E-state index in [4.69, 9.17) is 4.74 Å². The average Bonchev–Trinajstić information content (AvgIpc) is 3.27. The molecule has 3 aromatic rings. The van der Waals surface area contributed by atoms with E-state index in [2.05, 4.69) is 15.2 Å². The van der Waals surface area contributed by atoms with Crippen LogP contribution in [0.15, 0.2) is 60.0 Å². The number of rotatable bonds is 5. The Morgan fingerprint density at radius 3 is 2.52 bits per heavy atom. The Balaban J connectivity index is 1.23. The van der Waals surface area contributed by atoms with Crippen molar-refractivity contribution in [3.63, 3.8) is 0 Å². The Kier molecular flexibility index (Phi) is 5.80. The third-order valence-electron chi connectivity index (χ3n) is 6.04. The molecular formula is C24H24FN3O2S. The van der Waals surface area contributed by atoms with Crippen molar-refractivity contribution in [3.8, 4) is 10.6 Å². The van der Waals surface area contributed by atoms with Gasteiger partial charge in [0.15, 0.2) is 0 Å². The van der Waals surface area contributed by atoms with Gasteiger partial charge in [-0.2, -0.15) is 0 Å². The van der Waals surface area contributed by atoms with E-state index in [9.17, 15) is 9.18 Å². The van der Waals surface area contributed by atoms with Crippen LogP contribution in [-0.2, 0) is 11.3 Å². The molecule has 2 aliphatic heterocycles. The number of hydrogen-bond donors (Lipinski definition) is 1. The highest BCUT2D eigenvalue weighted by Gasteiger charge is 2.39. The molecule has 160 valence electrons. The Bertz CT molecular complexity index is 1030. The number of morpholine rings is 1. The number of ether oxygens (including phenoxy) is 1. The van der Waals surface area contributed by atoms with E-state index in [1.165, 1.54) is 23.5 Å². The monoisotopic (exact) mass is 437 g/mol. The predicted molar refractivity (Wildman–Crippen MR) is 118 cm³/mol. The van der Waals surface area contributed by atoms with Gasteiger partial charge in [0.25, 0.3) is 5.91 Å². The van der Waals surface area contributed by atoms with Crippen LogP contribution >= 0.6 is 11.3 Å². The molecule has 7 heteroatoms. The second kappa shape index (κ2) is 8.86. The Labute approximate surface area is 184 Å². The van der Waals surface area contributed by atoms with Crippen LogP contribution in [0.1, 0.15) is 28.9 Å². The van der Waals surface area contributed by atoms with Crippen molar-refractivity contribution in [2.45, 2.75) is 37.5 Å². The van der Waals surface area contributed by atoms with E-state index in [0.717, 1.165) is 35.5 Å². The maximum atomic E-state index is 13.2. The van der Waals surface area contributed by atoms with Crippen LogP contribution in [0.5, 0.6) is 0 Å². The molecule has 5 nitrogen and oxygen atoms in total. The first-order valence-electron chi connectivity index (χ1n) is 10.6. The predicted octanol–water partition coefficient (Wildman–Crippen LogP) is 4.11. The van der Waals surface area contributed by atoms with Crippen molar-refractivity contribution in [1.29, 1.82) is 0 Å². The van der Waals surface area contributed by atoms with Gasteiger partial charge in [0.2, 0.25) is 0 Å². The first kappa shape index (κ1) is 20.3. The number of halogens is 1. The maximum absolute atomic E-state index is 13.2. The molecule has 2 saturated heterocycles. The summed E-state index contributed by atoms with van der Waals surface area (Å²) in [6.07, 6.45) is 1.66.